The third-order valence-electron chi connectivity index (χ3n) is 5.74. The van der Waals surface area contributed by atoms with Crippen LogP contribution < -0.4 is 9.62 Å². The van der Waals surface area contributed by atoms with Crippen molar-refractivity contribution in [3.63, 3.8) is 0 Å². The second-order valence-electron chi connectivity index (χ2n) is 8.38. The highest BCUT2D eigenvalue weighted by Crippen LogP contribution is 2.26. The van der Waals surface area contributed by atoms with Crippen molar-refractivity contribution in [1.82, 2.24) is 10.2 Å². The van der Waals surface area contributed by atoms with Gasteiger partial charge in [0.2, 0.25) is 11.8 Å². The maximum Gasteiger partial charge on any atom is 0.264 e. The van der Waals surface area contributed by atoms with Crippen molar-refractivity contribution in [2.75, 3.05) is 17.4 Å². The van der Waals surface area contributed by atoms with Crippen LogP contribution in [0.25, 0.3) is 0 Å². The molecule has 0 saturated heterocycles. The molecule has 0 saturated carbocycles. The van der Waals surface area contributed by atoms with Gasteiger partial charge >= 0.3 is 0 Å². The first-order valence-electron chi connectivity index (χ1n) is 11.8. The van der Waals surface area contributed by atoms with Crippen LogP contribution in [0.5, 0.6) is 0 Å². The fourth-order valence-electron chi connectivity index (χ4n) is 3.65. The lowest BCUT2D eigenvalue weighted by Gasteiger charge is -2.32. The number of benzene rings is 3. The lowest BCUT2D eigenvalue weighted by molar-refractivity contribution is -0.139. The summed E-state index contributed by atoms with van der Waals surface area (Å²) < 4.78 is 28.4. The molecule has 0 spiro atoms. The van der Waals surface area contributed by atoms with Crippen LogP contribution in [-0.2, 0) is 26.2 Å². The number of carbonyl (C=O) groups excluding carboxylic acids is 2. The van der Waals surface area contributed by atoms with E-state index in [1.54, 1.807) is 61.5 Å². The first-order chi connectivity index (χ1) is 17.6. The Bertz CT molecular complexity index is 1320. The van der Waals surface area contributed by atoms with E-state index in [4.69, 9.17) is 23.2 Å². The van der Waals surface area contributed by atoms with E-state index in [0.717, 1.165) is 10.7 Å². The van der Waals surface area contributed by atoms with Gasteiger partial charge in [-0.25, -0.2) is 8.42 Å². The summed E-state index contributed by atoms with van der Waals surface area (Å²) in [5.74, 6) is -0.894. The Morgan fingerprint density at radius 2 is 1.54 bits per heavy atom. The summed E-state index contributed by atoms with van der Waals surface area (Å²) in [6.45, 7) is 3.50. The molecule has 37 heavy (non-hydrogen) atoms. The van der Waals surface area contributed by atoms with Gasteiger partial charge in [0, 0.05) is 23.1 Å². The number of halogens is 2. The molecule has 196 valence electrons. The first-order valence-corrected chi connectivity index (χ1v) is 14.0. The van der Waals surface area contributed by atoms with Crippen molar-refractivity contribution in [2.24, 2.45) is 0 Å². The molecule has 10 heteroatoms. The maximum absolute atomic E-state index is 13.8. The van der Waals surface area contributed by atoms with E-state index in [-0.39, 0.29) is 17.3 Å². The normalized spacial score (nSPS) is 12.0. The van der Waals surface area contributed by atoms with Crippen molar-refractivity contribution < 1.29 is 18.0 Å². The van der Waals surface area contributed by atoms with Gasteiger partial charge in [0.05, 0.1) is 10.6 Å². The van der Waals surface area contributed by atoms with Gasteiger partial charge in [0.15, 0.2) is 0 Å². The molecule has 7 nitrogen and oxygen atoms in total. The van der Waals surface area contributed by atoms with Crippen LogP contribution in [-0.4, -0.2) is 44.3 Å². The lowest BCUT2D eigenvalue weighted by atomic mass is 10.1. The average Bonchev–Trinajstić information content (AvgIpc) is 2.90. The number of rotatable bonds is 11. The van der Waals surface area contributed by atoms with Gasteiger partial charge in [0.25, 0.3) is 10.0 Å². The van der Waals surface area contributed by atoms with Crippen LogP contribution in [0.4, 0.5) is 5.69 Å². The van der Waals surface area contributed by atoms with Crippen LogP contribution in [0.15, 0.2) is 83.8 Å². The molecule has 0 aromatic heterocycles. The van der Waals surface area contributed by atoms with Crippen molar-refractivity contribution >= 4 is 50.7 Å². The number of anilines is 1. The third kappa shape index (κ3) is 7.25. The van der Waals surface area contributed by atoms with E-state index in [2.05, 4.69) is 5.32 Å². The summed E-state index contributed by atoms with van der Waals surface area (Å²) in [6.07, 6.45) is 0.734. The minimum absolute atomic E-state index is 0.0139. The standard InChI is InChI=1S/C27H29Cl2N3O4S/c1-3-17-30-27(34)20(2)31(18-21-9-7-8-12-25(21)29)26(33)19-32(23-10-5-4-6-11-23)37(35,36)24-15-13-22(28)14-16-24/h4-16,20H,3,17-19H2,1-2H3,(H,30,34)/t20-/m1/s1. The minimum atomic E-state index is -4.14. The molecule has 3 aromatic carbocycles. The Kier molecular flexibility index (Phi) is 9.97. The Morgan fingerprint density at radius 3 is 2.16 bits per heavy atom. The fraction of sp³-hybridized carbons (Fsp3) is 0.259. The summed E-state index contributed by atoms with van der Waals surface area (Å²) in [5.41, 5.74) is 0.950. The molecule has 0 fully saturated rings. The van der Waals surface area contributed by atoms with Crippen LogP contribution in [0.2, 0.25) is 10.0 Å². The predicted octanol–water partition coefficient (Wildman–Crippen LogP) is 5.13. The molecular formula is C27H29Cl2N3O4S. The Morgan fingerprint density at radius 1 is 0.919 bits per heavy atom. The quantitative estimate of drug-likeness (QED) is 0.351. The number of sulfonamides is 1. The SMILES string of the molecule is CCCNC(=O)[C@@H](C)N(Cc1ccccc1Cl)C(=O)CN(c1ccccc1)S(=O)(=O)c1ccc(Cl)cc1. The molecule has 1 N–H and O–H groups in total. The van der Waals surface area contributed by atoms with Gasteiger partial charge in [-0.1, -0.05) is 66.5 Å². The summed E-state index contributed by atoms with van der Waals surface area (Å²) >= 11 is 12.3. The van der Waals surface area contributed by atoms with Crippen molar-refractivity contribution in [3.8, 4) is 0 Å². The smallest absolute Gasteiger partial charge is 0.264 e. The zero-order valence-corrected chi connectivity index (χ0v) is 22.9. The lowest BCUT2D eigenvalue weighted by Crippen LogP contribution is -2.51. The maximum atomic E-state index is 13.8. The van der Waals surface area contributed by atoms with E-state index in [1.807, 2.05) is 6.92 Å². The monoisotopic (exact) mass is 561 g/mol. The molecule has 0 bridgehead atoms. The van der Waals surface area contributed by atoms with E-state index >= 15 is 0 Å². The van der Waals surface area contributed by atoms with Crippen LogP contribution in [0.1, 0.15) is 25.8 Å². The van der Waals surface area contributed by atoms with E-state index in [1.165, 1.54) is 29.2 Å². The average molecular weight is 563 g/mol. The van der Waals surface area contributed by atoms with Crippen molar-refractivity contribution in [2.45, 2.75) is 37.8 Å². The molecule has 1 atom stereocenters. The molecule has 0 aliphatic rings. The highest BCUT2D eigenvalue weighted by Gasteiger charge is 2.32. The van der Waals surface area contributed by atoms with Gasteiger partial charge in [-0.05, 0) is 61.4 Å². The number of nitrogens with zero attached hydrogens (tertiary/aromatic N) is 2. The zero-order valence-electron chi connectivity index (χ0n) is 20.6. The van der Waals surface area contributed by atoms with E-state index < -0.39 is 28.5 Å². The number of carbonyl (C=O) groups is 2. The highest BCUT2D eigenvalue weighted by molar-refractivity contribution is 7.92. The first kappa shape index (κ1) is 28.5. The van der Waals surface area contributed by atoms with Gasteiger partial charge in [-0.15, -0.1) is 0 Å². The highest BCUT2D eigenvalue weighted by atomic mass is 35.5. The summed E-state index contributed by atoms with van der Waals surface area (Å²) in [4.78, 5) is 27.9. The van der Waals surface area contributed by atoms with E-state index in [0.29, 0.717) is 27.8 Å². The molecule has 0 unspecified atom stereocenters. The number of amides is 2. The molecule has 0 aliphatic carbocycles. The molecule has 0 heterocycles. The van der Waals surface area contributed by atoms with E-state index in [9.17, 15) is 18.0 Å². The molecular weight excluding hydrogens is 533 g/mol. The van der Waals surface area contributed by atoms with Gasteiger partial charge < -0.3 is 10.2 Å². The summed E-state index contributed by atoms with van der Waals surface area (Å²) in [5, 5.41) is 3.63. The number of hydrogen-bond donors (Lipinski definition) is 1. The molecule has 0 aliphatic heterocycles. The van der Waals surface area contributed by atoms with Crippen LogP contribution in [0.3, 0.4) is 0 Å². The molecule has 2 amide bonds. The van der Waals surface area contributed by atoms with Gasteiger partial charge in [0.1, 0.15) is 12.6 Å². The Balaban J connectivity index is 2.00. The largest absolute Gasteiger partial charge is 0.354 e. The Hall–Kier alpha value is -3.07. The van der Waals surface area contributed by atoms with Crippen LogP contribution in [0, 0.1) is 0 Å². The molecule has 0 radical (unpaired) electrons. The summed E-state index contributed by atoms with van der Waals surface area (Å²) in [6, 6.07) is 20.2. The second-order valence-corrected chi connectivity index (χ2v) is 11.1. The Labute approximate surface area is 228 Å². The van der Waals surface area contributed by atoms with Crippen LogP contribution >= 0.6 is 23.2 Å². The third-order valence-corrected chi connectivity index (χ3v) is 8.15. The van der Waals surface area contributed by atoms with Crippen molar-refractivity contribution in [3.05, 3.63) is 94.5 Å². The zero-order chi connectivity index (χ0) is 27.0. The number of hydrogen-bond acceptors (Lipinski definition) is 4. The van der Waals surface area contributed by atoms with Gasteiger partial charge in [-0.3, -0.25) is 13.9 Å². The predicted molar refractivity (Wildman–Crippen MR) is 147 cm³/mol. The number of nitrogens with one attached hydrogen (secondary N) is 1. The second kappa shape index (κ2) is 12.9. The molecule has 3 rings (SSSR count). The molecule has 3 aromatic rings. The fourth-order valence-corrected chi connectivity index (χ4v) is 5.38. The topological polar surface area (TPSA) is 86.8 Å². The summed E-state index contributed by atoms with van der Waals surface area (Å²) in [7, 11) is -4.14. The van der Waals surface area contributed by atoms with Gasteiger partial charge in [-0.2, -0.15) is 0 Å². The minimum Gasteiger partial charge on any atom is -0.354 e. The van der Waals surface area contributed by atoms with Crippen molar-refractivity contribution in [1.29, 1.82) is 0 Å². The number of para-hydroxylation sites is 1.